The van der Waals surface area contributed by atoms with Gasteiger partial charge in [-0.25, -0.2) is 9.59 Å². The number of nitrogens with one attached hydrogen (secondary N) is 3. The molecule has 0 radical (unpaired) electrons. The highest BCUT2D eigenvalue weighted by Gasteiger charge is 2.36. The van der Waals surface area contributed by atoms with Crippen molar-refractivity contribution >= 4 is 23.8 Å². The van der Waals surface area contributed by atoms with Crippen LogP contribution in [0.4, 0.5) is 4.79 Å². The summed E-state index contributed by atoms with van der Waals surface area (Å²) in [5.74, 6) is -0.703. The number of amides is 4. The first kappa shape index (κ1) is 38.9. The highest BCUT2D eigenvalue weighted by Crippen LogP contribution is 2.23. The van der Waals surface area contributed by atoms with E-state index in [0.29, 0.717) is 31.7 Å². The zero-order valence-electron chi connectivity index (χ0n) is 30.4. The van der Waals surface area contributed by atoms with Crippen LogP contribution in [-0.4, -0.2) is 86.4 Å². The van der Waals surface area contributed by atoms with E-state index in [4.69, 9.17) is 14.2 Å². The Morgan fingerprint density at radius 1 is 0.843 bits per heavy atom. The first-order chi connectivity index (χ1) is 24.5. The van der Waals surface area contributed by atoms with Crippen molar-refractivity contribution in [1.82, 2.24) is 20.9 Å². The molecule has 4 amide bonds. The van der Waals surface area contributed by atoms with E-state index >= 15 is 0 Å². The second-order valence-corrected chi connectivity index (χ2v) is 13.4. The molecule has 0 bridgehead atoms. The lowest BCUT2D eigenvalue weighted by Gasteiger charge is -2.37. The normalized spacial score (nSPS) is 15.3. The number of methoxy groups -OCH3 is 1. The molecule has 1 aliphatic heterocycles. The first-order valence-electron chi connectivity index (χ1n) is 17.6. The maximum Gasteiger partial charge on any atom is 0.331 e. The standard InChI is InChI=1S/C40H52N4O7/c1-27(2)37(44-21-13-20-41-40(44)48)39(47)42-32(22-30-16-8-6-9-17-30)24-34(50-26-36(46)49-5)33(23-31-18-10-7-11-19-31)43-35(45)25-51-38-28(3)14-12-15-29(38)4/h6-12,14-19,27,32-34,37H,13,20-26H2,1-5H3,(H,41,48)(H,42,47)(H,43,45)/t32-,33-,34?,37?/m0/s1. The van der Waals surface area contributed by atoms with Crippen molar-refractivity contribution in [2.75, 3.05) is 33.4 Å². The molecule has 11 nitrogen and oxygen atoms in total. The quantitative estimate of drug-likeness (QED) is 0.166. The van der Waals surface area contributed by atoms with E-state index in [1.807, 2.05) is 107 Å². The monoisotopic (exact) mass is 700 g/mol. The molecule has 3 aromatic carbocycles. The molecule has 0 spiro atoms. The lowest BCUT2D eigenvalue weighted by Crippen LogP contribution is -2.59. The number of ether oxygens (including phenoxy) is 3. The molecule has 1 heterocycles. The van der Waals surface area contributed by atoms with Crippen LogP contribution in [0.5, 0.6) is 5.75 Å². The van der Waals surface area contributed by atoms with E-state index in [9.17, 15) is 19.2 Å². The van der Waals surface area contributed by atoms with Crippen LogP contribution >= 0.6 is 0 Å². The average Bonchev–Trinajstić information content (AvgIpc) is 3.11. The lowest BCUT2D eigenvalue weighted by molar-refractivity contribution is -0.149. The molecule has 0 aliphatic carbocycles. The molecule has 2 unspecified atom stereocenters. The summed E-state index contributed by atoms with van der Waals surface area (Å²) in [6.45, 7) is 8.18. The van der Waals surface area contributed by atoms with Crippen molar-refractivity contribution in [3.63, 3.8) is 0 Å². The summed E-state index contributed by atoms with van der Waals surface area (Å²) in [6.07, 6.45) is 1.08. The number of carbonyl (C=O) groups is 4. The number of urea groups is 1. The zero-order valence-corrected chi connectivity index (χ0v) is 30.4. The summed E-state index contributed by atoms with van der Waals surface area (Å²) in [5.41, 5.74) is 3.77. The molecular weight excluding hydrogens is 648 g/mol. The van der Waals surface area contributed by atoms with Crippen molar-refractivity contribution in [1.29, 1.82) is 0 Å². The highest BCUT2D eigenvalue weighted by molar-refractivity contribution is 5.88. The number of para-hydroxylation sites is 1. The van der Waals surface area contributed by atoms with Gasteiger partial charge in [-0.3, -0.25) is 9.59 Å². The number of hydrogen-bond acceptors (Lipinski definition) is 7. The van der Waals surface area contributed by atoms with Gasteiger partial charge in [0.15, 0.2) is 6.61 Å². The number of rotatable bonds is 18. The molecule has 11 heteroatoms. The number of carbonyl (C=O) groups excluding carboxylic acids is 4. The van der Waals surface area contributed by atoms with Gasteiger partial charge < -0.3 is 35.1 Å². The Morgan fingerprint density at radius 2 is 1.47 bits per heavy atom. The number of aryl methyl sites for hydroxylation is 2. The number of hydrogen-bond donors (Lipinski definition) is 3. The second kappa shape index (κ2) is 19.5. The number of esters is 1. The summed E-state index contributed by atoms with van der Waals surface area (Å²) in [4.78, 5) is 54.5. The van der Waals surface area contributed by atoms with Crippen LogP contribution in [0.1, 0.15) is 48.9 Å². The van der Waals surface area contributed by atoms with E-state index in [1.165, 1.54) is 7.11 Å². The smallest absolute Gasteiger partial charge is 0.331 e. The number of benzene rings is 3. The maximum atomic E-state index is 14.1. The average molecular weight is 701 g/mol. The highest BCUT2D eigenvalue weighted by atomic mass is 16.6. The zero-order chi connectivity index (χ0) is 36.8. The van der Waals surface area contributed by atoms with Crippen LogP contribution in [0.15, 0.2) is 78.9 Å². The fourth-order valence-corrected chi connectivity index (χ4v) is 6.52. The molecule has 4 atom stereocenters. The Labute approximate surface area is 301 Å². The van der Waals surface area contributed by atoms with E-state index in [0.717, 1.165) is 28.7 Å². The Kier molecular flexibility index (Phi) is 14.9. The van der Waals surface area contributed by atoms with E-state index in [2.05, 4.69) is 16.0 Å². The van der Waals surface area contributed by atoms with Crippen molar-refractivity contribution in [3.05, 3.63) is 101 Å². The summed E-state index contributed by atoms with van der Waals surface area (Å²) in [6, 6.07) is 23.2. The molecule has 1 saturated heterocycles. The third kappa shape index (κ3) is 11.8. The molecule has 0 saturated carbocycles. The van der Waals surface area contributed by atoms with Gasteiger partial charge in [0, 0.05) is 19.1 Å². The SMILES string of the molecule is COC(=O)COC(C[C@H](Cc1ccccc1)NC(=O)C(C(C)C)N1CCCNC1=O)[C@H](Cc1ccccc1)NC(=O)COc1c(C)cccc1C. The molecule has 3 aromatic rings. The summed E-state index contributed by atoms with van der Waals surface area (Å²) >= 11 is 0. The van der Waals surface area contributed by atoms with Gasteiger partial charge in [0.1, 0.15) is 18.4 Å². The van der Waals surface area contributed by atoms with E-state index in [-0.39, 0.29) is 43.4 Å². The van der Waals surface area contributed by atoms with Gasteiger partial charge in [-0.2, -0.15) is 0 Å². The minimum absolute atomic E-state index is 0.153. The van der Waals surface area contributed by atoms with E-state index in [1.54, 1.807) is 4.90 Å². The predicted molar refractivity (Wildman–Crippen MR) is 195 cm³/mol. The second-order valence-electron chi connectivity index (χ2n) is 13.4. The Balaban J connectivity index is 1.64. The largest absolute Gasteiger partial charge is 0.483 e. The summed E-state index contributed by atoms with van der Waals surface area (Å²) < 4.78 is 17.2. The number of nitrogens with zero attached hydrogens (tertiary/aromatic N) is 1. The minimum Gasteiger partial charge on any atom is -0.483 e. The van der Waals surface area contributed by atoms with Gasteiger partial charge in [-0.05, 0) is 67.7 Å². The molecular formula is C40H52N4O7. The Bertz CT molecular complexity index is 1560. The molecule has 1 fully saturated rings. The van der Waals surface area contributed by atoms with Crippen molar-refractivity contribution in [2.45, 2.75) is 77.6 Å². The fraction of sp³-hybridized carbons (Fsp3) is 0.450. The molecule has 4 rings (SSSR count). The molecule has 1 aliphatic rings. The van der Waals surface area contributed by atoms with Gasteiger partial charge >= 0.3 is 12.0 Å². The maximum absolute atomic E-state index is 14.1. The van der Waals surface area contributed by atoms with Crippen molar-refractivity contribution in [2.24, 2.45) is 5.92 Å². The first-order valence-corrected chi connectivity index (χ1v) is 17.6. The van der Waals surface area contributed by atoms with Crippen molar-refractivity contribution < 1.29 is 33.4 Å². The topological polar surface area (TPSA) is 135 Å². The van der Waals surface area contributed by atoms with Crippen LogP contribution in [0, 0.1) is 19.8 Å². The lowest BCUT2D eigenvalue weighted by atomic mass is 9.92. The van der Waals surface area contributed by atoms with Crippen LogP contribution < -0.4 is 20.7 Å². The third-order valence-electron chi connectivity index (χ3n) is 9.03. The van der Waals surface area contributed by atoms with Crippen LogP contribution in [0.25, 0.3) is 0 Å². The summed E-state index contributed by atoms with van der Waals surface area (Å²) in [7, 11) is 1.29. The fourth-order valence-electron chi connectivity index (χ4n) is 6.52. The molecule has 3 N–H and O–H groups in total. The molecule has 51 heavy (non-hydrogen) atoms. The Morgan fingerprint density at radius 3 is 2.06 bits per heavy atom. The van der Waals surface area contributed by atoms with E-state index < -0.39 is 30.2 Å². The summed E-state index contributed by atoms with van der Waals surface area (Å²) in [5, 5.41) is 9.21. The van der Waals surface area contributed by atoms with Gasteiger partial charge in [-0.1, -0.05) is 92.7 Å². The Hall–Kier alpha value is -4.90. The van der Waals surface area contributed by atoms with Gasteiger partial charge in [0.25, 0.3) is 5.91 Å². The van der Waals surface area contributed by atoms with Crippen LogP contribution in [0.2, 0.25) is 0 Å². The van der Waals surface area contributed by atoms with Crippen molar-refractivity contribution in [3.8, 4) is 5.75 Å². The van der Waals surface area contributed by atoms with Gasteiger partial charge in [0.2, 0.25) is 5.91 Å². The minimum atomic E-state index is -0.738. The van der Waals surface area contributed by atoms with Crippen LogP contribution in [0.3, 0.4) is 0 Å². The third-order valence-corrected chi connectivity index (χ3v) is 9.03. The predicted octanol–water partition coefficient (Wildman–Crippen LogP) is 4.53. The van der Waals surface area contributed by atoms with Gasteiger partial charge in [0.05, 0.1) is 19.3 Å². The molecule has 0 aromatic heterocycles. The van der Waals surface area contributed by atoms with Gasteiger partial charge in [-0.15, -0.1) is 0 Å². The molecule has 274 valence electrons. The van der Waals surface area contributed by atoms with Crippen LogP contribution in [-0.2, 0) is 36.7 Å².